The highest BCUT2D eigenvalue weighted by Crippen LogP contribution is 2.14. The van der Waals surface area contributed by atoms with E-state index in [0.717, 1.165) is 18.6 Å². The van der Waals surface area contributed by atoms with Gasteiger partial charge in [0.25, 0.3) is 5.91 Å². The maximum atomic E-state index is 12.2. The third kappa shape index (κ3) is 4.93. The predicted octanol–water partition coefficient (Wildman–Crippen LogP) is 3.24. The van der Waals surface area contributed by atoms with E-state index < -0.39 is 0 Å². The third-order valence-corrected chi connectivity index (χ3v) is 3.03. The van der Waals surface area contributed by atoms with Gasteiger partial charge in [-0.25, -0.2) is 0 Å². The maximum Gasteiger partial charge on any atom is 0.253 e. The number of nitrogens with zero attached hydrogens (tertiary/aromatic N) is 2. The smallest absolute Gasteiger partial charge is 0.253 e. The Labute approximate surface area is 121 Å². The van der Waals surface area contributed by atoms with E-state index >= 15 is 0 Å². The van der Waals surface area contributed by atoms with Crippen molar-refractivity contribution < 1.29 is 9.53 Å². The summed E-state index contributed by atoms with van der Waals surface area (Å²) < 4.78 is 5.56. The van der Waals surface area contributed by atoms with Crippen LogP contribution in [-0.2, 0) is 0 Å². The van der Waals surface area contributed by atoms with Crippen molar-refractivity contribution in [2.24, 2.45) is 0 Å². The van der Waals surface area contributed by atoms with E-state index in [4.69, 9.17) is 10.00 Å². The number of nitriles is 1. The Bertz CT molecular complexity index is 449. The number of unbranched alkanes of at least 4 members (excludes halogenated alkanes) is 1. The molecule has 108 valence electrons. The maximum absolute atomic E-state index is 12.2. The number of carbonyl (C=O) groups is 1. The summed E-state index contributed by atoms with van der Waals surface area (Å²) in [5, 5.41) is 8.60. The summed E-state index contributed by atoms with van der Waals surface area (Å²) in [6.07, 6.45) is 2.48. The van der Waals surface area contributed by atoms with Gasteiger partial charge in [-0.2, -0.15) is 5.26 Å². The van der Waals surface area contributed by atoms with Crippen LogP contribution in [0.4, 0.5) is 0 Å². The van der Waals surface area contributed by atoms with Gasteiger partial charge in [-0.1, -0.05) is 13.3 Å². The largest absolute Gasteiger partial charge is 0.494 e. The van der Waals surface area contributed by atoms with E-state index in [1.165, 1.54) is 0 Å². The molecule has 1 amide bonds. The van der Waals surface area contributed by atoms with Crippen LogP contribution in [0, 0.1) is 11.3 Å². The van der Waals surface area contributed by atoms with Gasteiger partial charge >= 0.3 is 0 Å². The molecule has 0 saturated carbocycles. The predicted molar refractivity (Wildman–Crippen MR) is 78.7 cm³/mol. The molecule has 0 radical (unpaired) electrons. The summed E-state index contributed by atoms with van der Waals surface area (Å²) in [7, 11) is 0. The fourth-order valence-corrected chi connectivity index (χ4v) is 1.80. The second kappa shape index (κ2) is 8.98. The Morgan fingerprint density at radius 2 is 2.00 bits per heavy atom. The standard InChI is InChI=1S/C16H22N2O2/c1-3-5-13-20-15-9-7-14(8-10-15)16(19)18(4-2)12-6-11-17/h7-10H,3-6,12-13H2,1-2H3. The van der Waals surface area contributed by atoms with E-state index in [1.54, 1.807) is 17.0 Å². The zero-order chi connectivity index (χ0) is 14.8. The SMILES string of the molecule is CCCCOc1ccc(C(=O)N(CC)CCC#N)cc1. The summed E-state index contributed by atoms with van der Waals surface area (Å²) in [6.45, 7) is 5.81. The van der Waals surface area contributed by atoms with Crippen molar-refractivity contribution in [1.29, 1.82) is 5.26 Å². The zero-order valence-electron chi connectivity index (χ0n) is 12.3. The van der Waals surface area contributed by atoms with Crippen LogP contribution in [0.15, 0.2) is 24.3 Å². The molecule has 0 spiro atoms. The van der Waals surface area contributed by atoms with Gasteiger partial charge in [0.15, 0.2) is 0 Å². The Morgan fingerprint density at radius 3 is 2.55 bits per heavy atom. The molecular weight excluding hydrogens is 252 g/mol. The molecule has 0 aliphatic heterocycles. The van der Waals surface area contributed by atoms with Crippen LogP contribution in [0.1, 0.15) is 43.5 Å². The average molecular weight is 274 g/mol. The molecule has 4 heteroatoms. The van der Waals surface area contributed by atoms with Crippen molar-refractivity contribution >= 4 is 5.91 Å². The van der Waals surface area contributed by atoms with Gasteiger partial charge in [-0.15, -0.1) is 0 Å². The highest BCUT2D eigenvalue weighted by Gasteiger charge is 2.13. The first-order valence-electron chi connectivity index (χ1n) is 7.12. The first-order chi connectivity index (χ1) is 9.72. The zero-order valence-corrected chi connectivity index (χ0v) is 12.3. The molecule has 0 heterocycles. The molecule has 0 aliphatic rings. The molecule has 0 aromatic heterocycles. The first-order valence-corrected chi connectivity index (χ1v) is 7.12. The molecule has 1 rings (SSSR count). The Morgan fingerprint density at radius 1 is 1.30 bits per heavy atom. The lowest BCUT2D eigenvalue weighted by Crippen LogP contribution is -2.31. The lowest BCUT2D eigenvalue weighted by atomic mass is 10.2. The summed E-state index contributed by atoms with van der Waals surface area (Å²) in [4.78, 5) is 13.9. The van der Waals surface area contributed by atoms with Crippen LogP contribution in [0.25, 0.3) is 0 Å². The summed E-state index contributed by atoms with van der Waals surface area (Å²) >= 11 is 0. The molecular formula is C16H22N2O2. The molecule has 1 aromatic carbocycles. The minimum Gasteiger partial charge on any atom is -0.494 e. The van der Waals surface area contributed by atoms with Gasteiger partial charge in [0, 0.05) is 18.7 Å². The highest BCUT2D eigenvalue weighted by molar-refractivity contribution is 5.94. The van der Waals surface area contributed by atoms with Crippen molar-refractivity contribution in [3.05, 3.63) is 29.8 Å². The van der Waals surface area contributed by atoms with Gasteiger partial charge in [-0.05, 0) is 37.6 Å². The molecule has 0 unspecified atom stereocenters. The Hall–Kier alpha value is -2.02. The third-order valence-electron chi connectivity index (χ3n) is 3.03. The lowest BCUT2D eigenvalue weighted by Gasteiger charge is -2.19. The van der Waals surface area contributed by atoms with Crippen LogP contribution in [0.3, 0.4) is 0 Å². The molecule has 0 saturated heterocycles. The number of amides is 1. The van der Waals surface area contributed by atoms with Crippen molar-refractivity contribution in [2.45, 2.75) is 33.1 Å². The van der Waals surface area contributed by atoms with E-state index in [2.05, 4.69) is 13.0 Å². The van der Waals surface area contributed by atoms with Gasteiger partial charge in [-0.3, -0.25) is 4.79 Å². The first kappa shape index (κ1) is 16.0. The molecule has 0 N–H and O–H groups in total. The average Bonchev–Trinajstić information content (AvgIpc) is 2.49. The molecule has 20 heavy (non-hydrogen) atoms. The number of rotatable bonds is 8. The van der Waals surface area contributed by atoms with Crippen molar-refractivity contribution in [1.82, 2.24) is 4.90 Å². The van der Waals surface area contributed by atoms with Crippen molar-refractivity contribution in [2.75, 3.05) is 19.7 Å². The quantitative estimate of drug-likeness (QED) is 0.684. The summed E-state index contributed by atoms with van der Waals surface area (Å²) in [6, 6.07) is 9.26. The van der Waals surface area contributed by atoms with E-state index in [-0.39, 0.29) is 5.91 Å². The minimum atomic E-state index is -0.0390. The van der Waals surface area contributed by atoms with Crippen LogP contribution in [-0.4, -0.2) is 30.5 Å². The fourth-order valence-electron chi connectivity index (χ4n) is 1.80. The van der Waals surface area contributed by atoms with Crippen molar-refractivity contribution in [3.8, 4) is 11.8 Å². The molecule has 0 bridgehead atoms. The number of ether oxygens (including phenoxy) is 1. The van der Waals surface area contributed by atoms with Gasteiger partial charge in [0.2, 0.25) is 0 Å². The molecule has 0 fully saturated rings. The number of hydrogen-bond acceptors (Lipinski definition) is 3. The monoisotopic (exact) mass is 274 g/mol. The van der Waals surface area contributed by atoms with Crippen LogP contribution in [0.2, 0.25) is 0 Å². The number of carbonyl (C=O) groups excluding carboxylic acids is 1. The number of benzene rings is 1. The van der Waals surface area contributed by atoms with E-state index in [9.17, 15) is 4.79 Å². The van der Waals surface area contributed by atoms with Gasteiger partial charge in [0.05, 0.1) is 19.1 Å². The lowest BCUT2D eigenvalue weighted by molar-refractivity contribution is 0.0768. The van der Waals surface area contributed by atoms with E-state index in [0.29, 0.717) is 31.7 Å². The Kier molecular flexibility index (Phi) is 7.20. The topological polar surface area (TPSA) is 53.3 Å². The van der Waals surface area contributed by atoms with Gasteiger partial charge in [0.1, 0.15) is 5.75 Å². The van der Waals surface area contributed by atoms with Crippen molar-refractivity contribution in [3.63, 3.8) is 0 Å². The molecule has 0 aliphatic carbocycles. The summed E-state index contributed by atoms with van der Waals surface area (Å²) in [5.74, 6) is 0.748. The molecule has 0 atom stereocenters. The Balaban J connectivity index is 2.62. The fraction of sp³-hybridized carbons (Fsp3) is 0.500. The number of hydrogen-bond donors (Lipinski definition) is 0. The van der Waals surface area contributed by atoms with Crippen LogP contribution in [0.5, 0.6) is 5.75 Å². The second-order valence-electron chi connectivity index (χ2n) is 4.52. The van der Waals surface area contributed by atoms with Gasteiger partial charge < -0.3 is 9.64 Å². The highest BCUT2D eigenvalue weighted by atomic mass is 16.5. The molecule has 1 aromatic rings. The normalized spacial score (nSPS) is 9.85. The van der Waals surface area contributed by atoms with E-state index in [1.807, 2.05) is 19.1 Å². The van der Waals surface area contributed by atoms with Crippen LogP contribution < -0.4 is 4.74 Å². The molecule has 4 nitrogen and oxygen atoms in total. The van der Waals surface area contributed by atoms with Crippen LogP contribution >= 0.6 is 0 Å². The second-order valence-corrected chi connectivity index (χ2v) is 4.52. The minimum absolute atomic E-state index is 0.0390. The summed E-state index contributed by atoms with van der Waals surface area (Å²) in [5.41, 5.74) is 0.632.